The second-order valence-corrected chi connectivity index (χ2v) is 6.79. The van der Waals surface area contributed by atoms with Crippen molar-refractivity contribution in [2.24, 2.45) is 5.41 Å². The molecule has 0 heterocycles. The molecule has 0 fully saturated rings. The van der Waals surface area contributed by atoms with Crippen molar-refractivity contribution in [1.82, 2.24) is 0 Å². The third kappa shape index (κ3) is 36.3. The standard InChI is InChI=1S/C9H18O4.2C6H13O4.4Rf/c1-12-7-9(3-5-10,4-6-11)8-13-2;2*1-9-4-6(8)5-10-3-2-7;;;;/h10-11H,1-8H2;2*6-8H,1-5H2;;;;/q-2;2*-1;;;;. The van der Waals surface area contributed by atoms with Gasteiger partial charge in [-0.25, -0.2) is 28.4 Å². The predicted molar refractivity (Wildman–Crippen MR) is 119 cm³/mol. The second kappa shape index (κ2) is 38.8. The van der Waals surface area contributed by atoms with Gasteiger partial charge in [-0.2, -0.15) is 0 Å². The van der Waals surface area contributed by atoms with E-state index in [0.717, 1.165) is 0 Å². The van der Waals surface area contributed by atoms with Crippen LogP contribution in [0, 0.1) is 33.9 Å². The van der Waals surface area contributed by atoms with E-state index in [1.165, 1.54) is 0 Å². The predicted octanol–water partition coefficient (Wildman–Crippen LogP) is -1.32. The third-order valence-electron chi connectivity index (χ3n) is 3.81. The zero-order valence-corrected chi connectivity index (χ0v) is 47.9. The van der Waals surface area contributed by atoms with Gasteiger partial charge in [-0.1, -0.05) is 0 Å². The zero-order valence-electron chi connectivity index (χ0n) is 22.3. The zero-order chi connectivity index (χ0) is 25.8. The summed E-state index contributed by atoms with van der Waals surface area (Å²) in [5, 5.41) is 52.0. The molecule has 0 radical (unpaired) electrons. The Morgan fingerprint density at radius 3 is 1.05 bits per heavy atom. The summed E-state index contributed by atoms with van der Waals surface area (Å²) in [7, 11) is 12.7. The summed E-state index contributed by atoms with van der Waals surface area (Å²) >= 11 is 0. The summed E-state index contributed by atoms with van der Waals surface area (Å²) < 4.78 is 27.9. The molecule has 0 spiro atoms. The molecule has 0 aliphatic heterocycles. The Labute approximate surface area is 197 Å². The van der Waals surface area contributed by atoms with Gasteiger partial charge >= 0.3 is 0 Å². The second-order valence-electron chi connectivity index (χ2n) is 6.79. The van der Waals surface area contributed by atoms with Crippen LogP contribution >= 0.6 is 0 Å². The topological polar surface area (TPSA) is 177 Å². The molecular formula is C21H44O12Rf4-4. The minimum Gasteiger partial charge on any atom is -0.555 e. The first-order valence-corrected chi connectivity index (χ1v) is 10.3. The SMILES string of the molecule is [CH2-]OCC(CCO)(CCO)CO[CH2-].[CH2-]OCC(O)COCCO.[CH2-]OCC(O)COCCO.[Rf].[Rf].[Rf].[Rf]. The number of hydrogen-bond donors (Lipinski definition) is 6. The fraction of sp³-hybridized carbons (Fsp3) is 0.810. The molecule has 0 saturated carbocycles. The molecule has 212 valence electrons. The molecule has 2 atom stereocenters. The Balaban J connectivity index is -0.0000000700. The molecule has 12 nitrogen and oxygen atoms in total. The Hall–Kier alpha value is -4.48. The average Bonchev–Trinajstić information content (AvgIpc) is 2.76. The van der Waals surface area contributed by atoms with E-state index in [1.807, 2.05) is 0 Å². The van der Waals surface area contributed by atoms with Gasteiger partial charge in [-0.15, -0.1) is 0 Å². The number of rotatable bonds is 20. The molecule has 0 bridgehead atoms. The van der Waals surface area contributed by atoms with E-state index < -0.39 is 12.2 Å². The molecule has 16 heteroatoms. The van der Waals surface area contributed by atoms with Crippen LogP contribution in [0.1, 0.15) is 12.8 Å². The summed E-state index contributed by atoms with van der Waals surface area (Å²) in [6.07, 6.45) is -0.273. The minimum absolute atomic E-state index is 0. The summed E-state index contributed by atoms with van der Waals surface area (Å²) in [6, 6.07) is 0. The maximum absolute atomic E-state index is 8.90. The number of aliphatic hydroxyl groups excluding tert-OH is 6. The Bertz CT molecular complexity index is 320. The molecule has 2 unspecified atom stereocenters. The van der Waals surface area contributed by atoms with E-state index in [9.17, 15) is 0 Å². The molecular weight excluding hydrogens is 1510 g/mol. The molecule has 0 rings (SSSR count). The molecule has 0 aromatic heterocycles. The van der Waals surface area contributed by atoms with Crippen molar-refractivity contribution >= 4 is 0 Å². The minimum atomic E-state index is -0.649. The first-order valence-electron chi connectivity index (χ1n) is 10.3. The monoisotopic (exact) mass is 1560 g/mol. The van der Waals surface area contributed by atoms with Crippen LogP contribution in [0.25, 0.3) is 0 Å². The van der Waals surface area contributed by atoms with Gasteiger partial charge in [-0.3, -0.25) is 0 Å². The van der Waals surface area contributed by atoms with E-state index in [4.69, 9.17) is 49.6 Å². The first-order chi connectivity index (χ1) is 15.9. The molecule has 0 aliphatic carbocycles. The van der Waals surface area contributed by atoms with E-state index in [1.54, 1.807) is 0 Å². The van der Waals surface area contributed by atoms with Gasteiger partial charge in [-0.05, 0) is 12.8 Å². The quantitative estimate of drug-likeness (QED) is 0.0629. The Morgan fingerprint density at radius 1 is 0.514 bits per heavy atom. The van der Waals surface area contributed by atoms with E-state index >= 15 is 0 Å². The van der Waals surface area contributed by atoms with Gasteiger partial charge in [0.25, 0.3) is 0 Å². The Kier molecular flexibility index (Phi) is 52.0. The van der Waals surface area contributed by atoms with Crippen LogP contribution in [0.4, 0.5) is 0 Å². The smallest absolute Gasteiger partial charge is 0.0976 e. The van der Waals surface area contributed by atoms with Crippen molar-refractivity contribution in [2.45, 2.75) is 25.0 Å². The van der Waals surface area contributed by atoms with Crippen LogP contribution in [-0.2, 0) is 28.4 Å². The van der Waals surface area contributed by atoms with Gasteiger partial charge in [0.1, 0.15) is 0 Å². The van der Waals surface area contributed by atoms with Crippen molar-refractivity contribution in [2.75, 3.05) is 79.3 Å². The van der Waals surface area contributed by atoms with E-state index in [2.05, 4.69) is 37.9 Å². The molecule has 0 amide bonds. The molecule has 6 N–H and O–H groups in total. The fourth-order valence-electron chi connectivity index (χ4n) is 2.30. The van der Waals surface area contributed by atoms with Crippen LogP contribution in [0.5, 0.6) is 0 Å². The van der Waals surface area contributed by atoms with Crippen molar-refractivity contribution in [3.05, 3.63) is 28.4 Å². The molecule has 0 aromatic rings. The van der Waals surface area contributed by atoms with Gasteiger partial charge in [0.15, 0.2) is 0 Å². The van der Waals surface area contributed by atoms with E-state index in [-0.39, 0.29) is 71.5 Å². The van der Waals surface area contributed by atoms with Crippen LogP contribution in [0.3, 0.4) is 0 Å². The molecule has 0 saturated heterocycles. The molecule has 0 aliphatic rings. The number of hydrogen-bond acceptors (Lipinski definition) is 12. The average molecular weight is 1560 g/mol. The van der Waals surface area contributed by atoms with Crippen LogP contribution < -0.4 is 0 Å². The summed E-state index contributed by atoms with van der Waals surface area (Å²) in [6.45, 7) is 1.87. The first kappa shape index (κ1) is 49.6. The van der Waals surface area contributed by atoms with Crippen molar-refractivity contribution in [3.8, 4) is 0 Å². The summed E-state index contributed by atoms with van der Waals surface area (Å²) in [4.78, 5) is 0. The van der Waals surface area contributed by atoms with Gasteiger partial charge in [0, 0.05) is 45.1 Å². The largest absolute Gasteiger partial charge is 0.555 e. The summed E-state index contributed by atoms with van der Waals surface area (Å²) in [5.41, 5.74) is -0.368. The van der Waals surface area contributed by atoms with Gasteiger partial charge < -0.3 is 59.1 Å². The summed E-state index contributed by atoms with van der Waals surface area (Å²) in [5.74, 6) is 0. The van der Waals surface area contributed by atoms with E-state index in [0.29, 0.717) is 26.1 Å². The molecule has 37 heavy (non-hydrogen) atoms. The fourth-order valence-corrected chi connectivity index (χ4v) is 2.30. The van der Waals surface area contributed by atoms with Gasteiger partial charge in [0.2, 0.25) is 0 Å². The van der Waals surface area contributed by atoms with Gasteiger partial charge in [0.05, 0.1) is 51.8 Å². The van der Waals surface area contributed by atoms with Crippen LogP contribution in [-0.4, -0.2) is 122 Å². The number of ether oxygens (including phenoxy) is 6. The van der Waals surface area contributed by atoms with Crippen molar-refractivity contribution in [3.63, 3.8) is 0 Å². The normalized spacial score (nSPS) is 11.5. The van der Waals surface area contributed by atoms with Crippen LogP contribution in [0.2, 0.25) is 0 Å². The third-order valence-corrected chi connectivity index (χ3v) is 3.81. The van der Waals surface area contributed by atoms with Crippen molar-refractivity contribution < 1.29 is 59.1 Å². The Morgan fingerprint density at radius 2 is 0.838 bits per heavy atom. The maximum Gasteiger partial charge on any atom is 0.0976 e. The number of aliphatic hydroxyl groups is 6. The maximum atomic E-state index is 8.90. The molecule has 0 aromatic carbocycles. The van der Waals surface area contributed by atoms with Crippen molar-refractivity contribution in [1.29, 1.82) is 0 Å². The van der Waals surface area contributed by atoms with Crippen LogP contribution in [0.15, 0.2) is 0 Å².